The molecule has 0 bridgehead atoms. The van der Waals surface area contributed by atoms with E-state index in [4.69, 9.17) is 19.2 Å². The Labute approximate surface area is 302 Å². The highest BCUT2D eigenvalue weighted by molar-refractivity contribution is 6.99. The Hall–Kier alpha value is -5.81. The molecule has 3 aromatic carbocycles. The molecule has 0 fully saturated rings. The second kappa shape index (κ2) is 15.6. The van der Waals surface area contributed by atoms with Gasteiger partial charge < -0.3 is 19.2 Å². The maximum atomic E-state index is 14.4. The van der Waals surface area contributed by atoms with Gasteiger partial charge in [-0.25, -0.2) is 24.0 Å². The number of ether oxygens (including phenoxy) is 2. The number of anilines is 1. The van der Waals surface area contributed by atoms with Crippen molar-refractivity contribution < 1.29 is 23.1 Å². The van der Waals surface area contributed by atoms with E-state index in [2.05, 4.69) is 70.4 Å². The van der Waals surface area contributed by atoms with Crippen molar-refractivity contribution in [1.82, 2.24) is 24.7 Å². The highest BCUT2D eigenvalue weighted by Crippen LogP contribution is 2.36. The van der Waals surface area contributed by atoms with Crippen LogP contribution in [0.4, 0.5) is 10.2 Å². The number of pyridine rings is 1. The third-order valence-corrected chi connectivity index (χ3v) is 13.8. The zero-order valence-electron chi connectivity index (χ0n) is 29.3. The largest absolute Gasteiger partial charge is 0.461 e. The SMILES string of the molecule is Cc1c(F)cccc1-n1ncc2c(O[C@@H](COCCO[Si](c3ccccc3)(c3ccccc3)C(C)(C)C)C(=O)Nc3ccc(C#N)cn3)ncnc21. The molecule has 11 nitrogen and oxygen atoms in total. The zero-order chi connectivity index (χ0) is 36.7. The number of nitriles is 1. The van der Waals surface area contributed by atoms with E-state index in [9.17, 15) is 9.18 Å². The van der Waals surface area contributed by atoms with Gasteiger partial charge in [0.2, 0.25) is 12.0 Å². The van der Waals surface area contributed by atoms with Crippen molar-refractivity contribution in [1.29, 1.82) is 5.26 Å². The van der Waals surface area contributed by atoms with Crippen molar-refractivity contribution in [2.75, 3.05) is 25.1 Å². The highest BCUT2D eigenvalue weighted by Gasteiger charge is 2.50. The molecule has 1 N–H and O–H groups in total. The molecule has 3 aromatic heterocycles. The van der Waals surface area contributed by atoms with E-state index in [-0.39, 0.29) is 42.4 Å². The van der Waals surface area contributed by atoms with Gasteiger partial charge in [-0.05, 0) is 46.6 Å². The van der Waals surface area contributed by atoms with Crippen molar-refractivity contribution in [3.05, 3.63) is 127 Å². The van der Waals surface area contributed by atoms with Crippen LogP contribution in [0.1, 0.15) is 31.9 Å². The van der Waals surface area contributed by atoms with Gasteiger partial charge in [0.15, 0.2) is 5.65 Å². The minimum Gasteiger partial charge on any atom is -0.461 e. The summed E-state index contributed by atoms with van der Waals surface area (Å²) in [6, 6.07) is 30.4. The lowest BCUT2D eigenvalue weighted by atomic mass is 10.2. The molecule has 0 aliphatic carbocycles. The van der Waals surface area contributed by atoms with Crippen LogP contribution in [0.5, 0.6) is 5.88 Å². The smallest absolute Gasteiger partial charge is 0.269 e. The van der Waals surface area contributed by atoms with Gasteiger partial charge in [-0.15, -0.1) is 0 Å². The summed E-state index contributed by atoms with van der Waals surface area (Å²) < 4.78 is 35.2. The Kier molecular flexibility index (Phi) is 10.8. The molecule has 13 heteroatoms. The van der Waals surface area contributed by atoms with Crippen LogP contribution in [0.15, 0.2) is 110 Å². The fourth-order valence-corrected chi connectivity index (χ4v) is 10.7. The highest BCUT2D eigenvalue weighted by atomic mass is 28.4. The number of fused-ring (bicyclic) bond motifs is 1. The van der Waals surface area contributed by atoms with Gasteiger partial charge in [-0.1, -0.05) is 87.5 Å². The monoisotopic (exact) mass is 715 g/mol. The number of hydrogen-bond acceptors (Lipinski definition) is 9. The summed E-state index contributed by atoms with van der Waals surface area (Å²) in [6.07, 6.45) is 2.97. The molecule has 6 aromatic rings. The Balaban J connectivity index is 1.24. The number of hydrogen-bond donors (Lipinski definition) is 1. The molecule has 0 saturated carbocycles. The Morgan fingerprint density at radius 3 is 2.27 bits per heavy atom. The quantitative estimate of drug-likeness (QED) is 0.121. The van der Waals surface area contributed by atoms with Crippen LogP contribution >= 0.6 is 0 Å². The van der Waals surface area contributed by atoms with E-state index in [1.807, 2.05) is 42.5 Å². The van der Waals surface area contributed by atoms with Gasteiger partial charge in [-0.2, -0.15) is 10.4 Å². The molecule has 1 amide bonds. The molecule has 52 heavy (non-hydrogen) atoms. The average Bonchev–Trinajstić information content (AvgIpc) is 3.59. The third-order valence-electron chi connectivity index (χ3n) is 8.72. The van der Waals surface area contributed by atoms with Crippen molar-refractivity contribution in [3.8, 4) is 17.6 Å². The molecule has 0 aliphatic heterocycles. The summed E-state index contributed by atoms with van der Waals surface area (Å²) in [5.74, 6) is -0.610. The van der Waals surface area contributed by atoms with Crippen LogP contribution in [-0.4, -0.2) is 64.9 Å². The van der Waals surface area contributed by atoms with E-state index < -0.39 is 20.3 Å². The number of aromatic nitrogens is 5. The number of amides is 1. The predicted octanol–water partition coefficient (Wildman–Crippen LogP) is 5.51. The number of nitrogens with one attached hydrogen (secondary N) is 1. The van der Waals surface area contributed by atoms with Crippen LogP contribution in [0, 0.1) is 24.1 Å². The van der Waals surface area contributed by atoms with Gasteiger partial charge in [0.1, 0.15) is 29.4 Å². The normalized spacial score (nSPS) is 12.3. The second-order valence-corrected chi connectivity index (χ2v) is 17.4. The van der Waals surface area contributed by atoms with Crippen LogP contribution in [0.25, 0.3) is 16.7 Å². The molecule has 0 spiro atoms. The summed E-state index contributed by atoms with van der Waals surface area (Å²) in [6.45, 7) is 8.53. The van der Waals surface area contributed by atoms with Gasteiger partial charge in [0, 0.05) is 11.8 Å². The fraction of sp³-hybridized carbons (Fsp3) is 0.231. The molecule has 0 radical (unpaired) electrons. The maximum Gasteiger partial charge on any atom is 0.269 e. The summed E-state index contributed by atoms with van der Waals surface area (Å²) in [7, 11) is -2.80. The van der Waals surface area contributed by atoms with Crippen LogP contribution in [0.2, 0.25) is 5.04 Å². The predicted molar refractivity (Wildman–Crippen MR) is 198 cm³/mol. The number of carbonyl (C=O) groups is 1. The molecule has 0 saturated heterocycles. The van der Waals surface area contributed by atoms with Crippen LogP contribution in [-0.2, 0) is 14.0 Å². The number of carbonyl (C=O) groups excluding carboxylic acids is 1. The zero-order valence-corrected chi connectivity index (χ0v) is 30.3. The minimum absolute atomic E-state index is 0.0883. The van der Waals surface area contributed by atoms with Crippen molar-refractivity contribution in [2.45, 2.75) is 38.8 Å². The molecule has 1 atom stereocenters. The topological polar surface area (TPSA) is 137 Å². The summed E-state index contributed by atoms with van der Waals surface area (Å²) >= 11 is 0. The van der Waals surface area contributed by atoms with Crippen molar-refractivity contribution >= 4 is 41.4 Å². The van der Waals surface area contributed by atoms with E-state index >= 15 is 0 Å². The maximum absolute atomic E-state index is 14.4. The van der Waals surface area contributed by atoms with Crippen molar-refractivity contribution in [2.24, 2.45) is 0 Å². The summed E-state index contributed by atoms with van der Waals surface area (Å²) in [5, 5.41) is 18.8. The number of rotatable bonds is 13. The van der Waals surface area contributed by atoms with Gasteiger partial charge >= 0.3 is 0 Å². The Bertz CT molecular complexity index is 2150. The van der Waals surface area contributed by atoms with E-state index in [0.717, 1.165) is 10.4 Å². The number of benzene rings is 3. The van der Waals surface area contributed by atoms with Gasteiger partial charge in [0.25, 0.3) is 14.2 Å². The Morgan fingerprint density at radius 2 is 1.63 bits per heavy atom. The summed E-state index contributed by atoms with van der Waals surface area (Å²) in [4.78, 5) is 26.5. The molecular weight excluding hydrogens is 678 g/mol. The van der Waals surface area contributed by atoms with Gasteiger partial charge in [-0.3, -0.25) is 4.79 Å². The van der Waals surface area contributed by atoms with Gasteiger partial charge in [0.05, 0.1) is 37.3 Å². The Morgan fingerprint density at radius 1 is 0.923 bits per heavy atom. The third kappa shape index (κ3) is 7.45. The second-order valence-electron chi connectivity index (χ2n) is 13.1. The van der Waals surface area contributed by atoms with E-state index in [1.54, 1.807) is 25.1 Å². The molecular formula is C39H38FN7O4Si. The van der Waals surface area contributed by atoms with E-state index in [0.29, 0.717) is 27.8 Å². The average molecular weight is 716 g/mol. The molecule has 0 unspecified atom stereocenters. The molecule has 3 heterocycles. The molecule has 6 rings (SSSR count). The standard InChI is InChI=1S/C39H38FN7O4Si/c1-27-32(40)16-11-17-33(27)47-36-31(24-45-47)38(44-26-43-36)51-34(37(48)46-35-19-18-28(22-41)23-42-35)25-49-20-21-50-52(39(2,3)4,29-12-7-5-8-13-29)30-14-9-6-10-15-30/h5-19,23-24,26,34H,20-21,25H2,1-4H3,(H,42,46,48)/t34-/m0/s1. The first kappa shape index (κ1) is 36.0. The first-order valence-corrected chi connectivity index (χ1v) is 18.6. The summed E-state index contributed by atoms with van der Waals surface area (Å²) in [5.41, 5.74) is 1.62. The number of halogens is 1. The lowest BCUT2D eigenvalue weighted by Gasteiger charge is -2.43. The van der Waals surface area contributed by atoms with Crippen molar-refractivity contribution in [3.63, 3.8) is 0 Å². The van der Waals surface area contributed by atoms with E-state index in [1.165, 1.54) is 35.5 Å². The molecule has 264 valence electrons. The first-order valence-electron chi connectivity index (χ1n) is 16.7. The number of nitrogens with zero attached hydrogens (tertiary/aromatic N) is 6. The lowest BCUT2D eigenvalue weighted by molar-refractivity contribution is -0.125. The minimum atomic E-state index is -2.80. The fourth-order valence-electron chi connectivity index (χ4n) is 6.16. The first-order chi connectivity index (χ1) is 25.1. The van der Waals surface area contributed by atoms with Crippen LogP contribution in [0.3, 0.4) is 0 Å². The van der Waals surface area contributed by atoms with Crippen LogP contribution < -0.4 is 20.4 Å². The lowest BCUT2D eigenvalue weighted by Crippen LogP contribution is -2.66. The molecule has 0 aliphatic rings.